The van der Waals surface area contributed by atoms with E-state index in [2.05, 4.69) is 31.2 Å². The summed E-state index contributed by atoms with van der Waals surface area (Å²) in [5.41, 5.74) is 0. The first-order valence-electron chi connectivity index (χ1n) is 5.17. The predicted molar refractivity (Wildman–Crippen MR) is 55.0 cm³/mol. The molecule has 1 fully saturated rings. The average Bonchev–Trinajstić information content (AvgIpc) is 2.15. The van der Waals surface area contributed by atoms with Gasteiger partial charge in [0.2, 0.25) is 0 Å². The molecule has 1 atom stereocenters. The molecule has 3 nitrogen and oxygen atoms in total. The number of nitrogens with zero attached hydrogens (tertiary/aromatic N) is 1. The smallest absolute Gasteiger partial charge is 0.0480 e. The third kappa shape index (κ3) is 4.07. The standard InChI is InChI=1S/C10H22N2O/c1-9(12(2)3)8-11-10-4-6-13-7-5-10/h9-11H,4-8H2,1-3H3. The highest BCUT2D eigenvalue weighted by molar-refractivity contribution is 4.73. The van der Waals surface area contributed by atoms with Crippen molar-refractivity contribution >= 4 is 0 Å². The maximum absolute atomic E-state index is 5.30. The third-order valence-corrected chi connectivity index (χ3v) is 2.80. The lowest BCUT2D eigenvalue weighted by molar-refractivity contribution is 0.0764. The second-order valence-electron chi connectivity index (χ2n) is 4.11. The van der Waals surface area contributed by atoms with Crippen LogP contribution in [0.15, 0.2) is 0 Å². The molecule has 1 unspecified atom stereocenters. The molecule has 1 N–H and O–H groups in total. The normalized spacial score (nSPS) is 22.2. The highest BCUT2D eigenvalue weighted by atomic mass is 16.5. The molecule has 0 aliphatic carbocycles. The van der Waals surface area contributed by atoms with Crippen LogP contribution >= 0.6 is 0 Å². The molecule has 0 aromatic carbocycles. The zero-order valence-electron chi connectivity index (χ0n) is 9.05. The van der Waals surface area contributed by atoms with Gasteiger partial charge in [0.25, 0.3) is 0 Å². The highest BCUT2D eigenvalue weighted by Crippen LogP contribution is 2.06. The summed E-state index contributed by atoms with van der Waals surface area (Å²) in [7, 11) is 4.24. The van der Waals surface area contributed by atoms with Crippen LogP contribution in [0.2, 0.25) is 0 Å². The summed E-state index contributed by atoms with van der Waals surface area (Å²) in [5.74, 6) is 0. The van der Waals surface area contributed by atoms with Crippen LogP contribution < -0.4 is 5.32 Å². The number of nitrogens with one attached hydrogen (secondary N) is 1. The largest absolute Gasteiger partial charge is 0.381 e. The van der Waals surface area contributed by atoms with Gasteiger partial charge in [0.1, 0.15) is 0 Å². The molecule has 0 bridgehead atoms. The molecular formula is C10H22N2O. The molecule has 0 amide bonds. The van der Waals surface area contributed by atoms with Gasteiger partial charge in [0, 0.05) is 31.8 Å². The summed E-state index contributed by atoms with van der Waals surface area (Å²) in [4.78, 5) is 2.24. The molecular weight excluding hydrogens is 164 g/mol. The fourth-order valence-electron chi connectivity index (χ4n) is 1.42. The number of rotatable bonds is 4. The monoisotopic (exact) mass is 186 g/mol. The van der Waals surface area contributed by atoms with Crippen LogP contribution in [0.4, 0.5) is 0 Å². The number of ether oxygens (including phenoxy) is 1. The molecule has 13 heavy (non-hydrogen) atoms. The van der Waals surface area contributed by atoms with E-state index >= 15 is 0 Å². The Morgan fingerprint density at radius 1 is 1.38 bits per heavy atom. The lowest BCUT2D eigenvalue weighted by Crippen LogP contribution is -2.42. The van der Waals surface area contributed by atoms with E-state index in [1.807, 2.05) is 0 Å². The summed E-state index contributed by atoms with van der Waals surface area (Å²) in [5, 5.41) is 3.58. The minimum atomic E-state index is 0.614. The molecule has 0 saturated carbocycles. The van der Waals surface area contributed by atoms with E-state index in [0.29, 0.717) is 12.1 Å². The molecule has 1 aliphatic heterocycles. The van der Waals surface area contributed by atoms with Gasteiger partial charge in [-0.05, 0) is 33.9 Å². The zero-order chi connectivity index (χ0) is 9.68. The first-order chi connectivity index (χ1) is 6.20. The Kier molecular flexibility index (Phi) is 4.70. The Bertz CT molecular complexity index is 133. The molecule has 78 valence electrons. The lowest BCUT2D eigenvalue weighted by Gasteiger charge is -2.27. The predicted octanol–water partition coefficient (Wildman–Crippen LogP) is 0.705. The summed E-state index contributed by atoms with van der Waals surface area (Å²) in [6.45, 7) is 5.17. The first kappa shape index (κ1) is 11.0. The van der Waals surface area contributed by atoms with Crippen molar-refractivity contribution in [3.8, 4) is 0 Å². The van der Waals surface area contributed by atoms with Gasteiger partial charge >= 0.3 is 0 Å². The average molecular weight is 186 g/mol. The van der Waals surface area contributed by atoms with Crippen molar-refractivity contribution in [2.75, 3.05) is 33.9 Å². The van der Waals surface area contributed by atoms with Crippen molar-refractivity contribution in [1.82, 2.24) is 10.2 Å². The third-order valence-electron chi connectivity index (χ3n) is 2.80. The van der Waals surface area contributed by atoms with Crippen LogP contribution in [0.25, 0.3) is 0 Å². The molecule has 3 heteroatoms. The SMILES string of the molecule is CC(CNC1CCOCC1)N(C)C. The Hall–Kier alpha value is -0.120. The van der Waals surface area contributed by atoms with Crippen molar-refractivity contribution < 1.29 is 4.74 Å². The van der Waals surface area contributed by atoms with Gasteiger partial charge in [-0.1, -0.05) is 0 Å². The van der Waals surface area contributed by atoms with Gasteiger partial charge in [-0.15, -0.1) is 0 Å². The van der Waals surface area contributed by atoms with E-state index in [1.54, 1.807) is 0 Å². The molecule has 0 aromatic heterocycles. The summed E-state index contributed by atoms with van der Waals surface area (Å²) >= 11 is 0. The van der Waals surface area contributed by atoms with E-state index in [-0.39, 0.29) is 0 Å². The van der Waals surface area contributed by atoms with Crippen LogP contribution in [-0.2, 0) is 4.74 Å². The quantitative estimate of drug-likeness (QED) is 0.699. The van der Waals surface area contributed by atoms with Crippen LogP contribution in [0.3, 0.4) is 0 Å². The van der Waals surface area contributed by atoms with Gasteiger partial charge in [0.05, 0.1) is 0 Å². The Morgan fingerprint density at radius 3 is 2.54 bits per heavy atom. The van der Waals surface area contributed by atoms with Crippen LogP contribution in [0, 0.1) is 0 Å². The van der Waals surface area contributed by atoms with Crippen LogP contribution in [0.1, 0.15) is 19.8 Å². The minimum Gasteiger partial charge on any atom is -0.381 e. The summed E-state index contributed by atoms with van der Waals surface area (Å²) < 4.78 is 5.30. The second kappa shape index (κ2) is 5.58. The molecule has 0 aromatic rings. The molecule has 0 spiro atoms. The maximum atomic E-state index is 5.30. The van der Waals surface area contributed by atoms with Gasteiger partial charge in [0.15, 0.2) is 0 Å². The molecule has 1 saturated heterocycles. The Labute approximate surface area is 81.4 Å². The van der Waals surface area contributed by atoms with E-state index in [9.17, 15) is 0 Å². The van der Waals surface area contributed by atoms with Crippen LogP contribution in [0.5, 0.6) is 0 Å². The minimum absolute atomic E-state index is 0.614. The van der Waals surface area contributed by atoms with Crippen molar-refractivity contribution in [2.45, 2.75) is 31.8 Å². The fraction of sp³-hybridized carbons (Fsp3) is 1.00. The first-order valence-corrected chi connectivity index (χ1v) is 5.17. The Morgan fingerprint density at radius 2 is 2.00 bits per heavy atom. The van der Waals surface area contributed by atoms with Crippen molar-refractivity contribution in [2.24, 2.45) is 0 Å². The highest BCUT2D eigenvalue weighted by Gasteiger charge is 2.14. The molecule has 1 rings (SSSR count). The Balaban J connectivity index is 2.10. The van der Waals surface area contributed by atoms with Gasteiger partial charge in [-0.3, -0.25) is 0 Å². The van der Waals surface area contributed by atoms with Crippen molar-refractivity contribution in [1.29, 1.82) is 0 Å². The molecule has 1 aliphatic rings. The van der Waals surface area contributed by atoms with E-state index < -0.39 is 0 Å². The van der Waals surface area contributed by atoms with Gasteiger partial charge in [-0.25, -0.2) is 0 Å². The summed E-state index contributed by atoms with van der Waals surface area (Å²) in [6.07, 6.45) is 2.33. The number of hydrogen-bond donors (Lipinski definition) is 1. The van der Waals surface area contributed by atoms with Gasteiger partial charge in [-0.2, -0.15) is 0 Å². The molecule has 1 heterocycles. The number of hydrogen-bond acceptors (Lipinski definition) is 3. The van der Waals surface area contributed by atoms with E-state index in [1.165, 1.54) is 12.8 Å². The van der Waals surface area contributed by atoms with Gasteiger partial charge < -0.3 is 15.0 Å². The zero-order valence-corrected chi connectivity index (χ0v) is 9.05. The van der Waals surface area contributed by atoms with Crippen molar-refractivity contribution in [3.63, 3.8) is 0 Å². The maximum Gasteiger partial charge on any atom is 0.0480 e. The lowest BCUT2D eigenvalue weighted by atomic mass is 10.1. The van der Waals surface area contributed by atoms with E-state index in [4.69, 9.17) is 4.74 Å². The summed E-state index contributed by atoms with van der Waals surface area (Å²) in [6, 6.07) is 1.29. The number of likely N-dealkylation sites (N-methyl/N-ethyl adjacent to an activating group) is 1. The van der Waals surface area contributed by atoms with Crippen molar-refractivity contribution in [3.05, 3.63) is 0 Å². The fourth-order valence-corrected chi connectivity index (χ4v) is 1.42. The topological polar surface area (TPSA) is 24.5 Å². The second-order valence-corrected chi connectivity index (χ2v) is 4.11. The van der Waals surface area contributed by atoms with Crippen LogP contribution in [-0.4, -0.2) is 50.8 Å². The molecule has 0 radical (unpaired) electrons. The van der Waals surface area contributed by atoms with E-state index in [0.717, 1.165) is 19.8 Å².